The van der Waals surface area contributed by atoms with Crippen LogP contribution >= 0.6 is 23.1 Å². The van der Waals surface area contributed by atoms with Gasteiger partial charge in [0.25, 0.3) is 5.91 Å². The van der Waals surface area contributed by atoms with E-state index in [2.05, 4.69) is 41.2 Å². The first-order valence-corrected chi connectivity index (χ1v) is 22.0. The lowest BCUT2D eigenvalue weighted by molar-refractivity contribution is -0.0984. The van der Waals surface area contributed by atoms with E-state index in [9.17, 15) is 14.7 Å². The smallest absolute Gasteiger partial charge is 0.355 e. The van der Waals surface area contributed by atoms with Crippen LogP contribution in [-0.4, -0.2) is 98.9 Å². The molecule has 3 aliphatic heterocycles. The van der Waals surface area contributed by atoms with Crippen LogP contribution in [0.3, 0.4) is 0 Å². The maximum atomic E-state index is 13.8. The van der Waals surface area contributed by atoms with Gasteiger partial charge in [0.1, 0.15) is 11.6 Å². The molecule has 3 N–H and O–H groups in total. The molecule has 5 aromatic rings. The quantitative estimate of drug-likeness (QED) is 0.0791. The number of fused-ring (bicyclic) bond motifs is 4. The molecular formula is C44H53N7O6S2. The van der Waals surface area contributed by atoms with Gasteiger partial charge in [0.2, 0.25) is 0 Å². The third kappa shape index (κ3) is 8.32. The van der Waals surface area contributed by atoms with Crippen molar-refractivity contribution >= 4 is 56.1 Å². The van der Waals surface area contributed by atoms with Crippen molar-refractivity contribution in [3.8, 4) is 16.9 Å². The molecule has 6 heterocycles. The number of benzene rings is 2. The highest BCUT2D eigenvalue weighted by atomic mass is 32.2. The number of carboxylic acid groups (broad SMARTS) is 1. The summed E-state index contributed by atoms with van der Waals surface area (Å²) >= 11 is 3.48. The molecule has 9 rings (SSSR count). The molecule has 1 saturated carbocycles. The fourth-order valence-corrected chi connectivity index (χ4v) is 13.1. The summed E-state index contributed by atoms with van der Waals surface area (Å²) < 4.78 is 20.8. The average Bonchev–Trinajstić information content (AvgIpc) is 3.79. The number of aromatic carboxylic acids is 1. The van der Waals surface area contributed by atoms with Crippen LogP contribution in [0.5, 0.6) is 5.75 Å². The molecule has 15 heteroatoms. The van der Waals surface area contributed by atoms with E-state index >= 15 is 0 Å². The molecule has 3 unspecified atom stereocenters. The number of nitrogens with one attached hydrogen (secondary N) is 2. The lowest BCUT2D eigenvalue weighted by atomic mass is 9.68. The second-order valence-electron chi connectivity index (χ2n) is 16.3. The van der Waals surface area contributed by atoms with Crippen molar-refractivity contribution in [1.29, 1.82) is 0 Å². The first-order valence-electron chi connectivity index (χ1n) is 20.4. The zero-order valence-corrected chi connectivity index (χ0v) is 36.1. The van der Waals surface area contributed by atoms with Crippen LogP contribution in [0.4, 0.5) is 10.9 Å². The van der Waals surface area contributed by atoms with E-state index in [1.165, 1.54) is 11.3 Å². The van der Waals surface area contributed by atoms with E-state index < -0.39 is 5.97 Å². The number of rotatable bonds is 17. The number of thiazole rings is 1. The number of thioether (sulfide) groups is 1. The monoisotopic (exact) mass is 839 g/mol. The van der Waals surface area contributed by atoms with Crippen LogP contribution in [0.2, 0.25) is 0 Å². The SMILES string of the molecule is CCCC1(OCCNCCOC)CC2(C)CC(Cn3ncc(-c4ccc(N5CCc6c(OC)ccc(C(=O)Nc7nc8ccccc8s7)c6C5)nc4C(=O)O)c3C)(C1)S2. The number of carbonyl (C=O) groups is 2. The van der Waals surface area contributed by atoms with Gasteiger partial charge in [-0.3, -0.25) is 14.8 Å². The molecular weight excluding hydrogens is 787 g/mol. The molecule has 0 radical (unpaired) electrons. The van der Waals surface area contributed by atoms with Gasteiger partial charge in [-0.2, -0.15) is 5.10 Å². The predicted molar refractivity (Wildman–Crippen MR) is 233 cm³/mol. The number of carboxylic acids is 1. The van der Waals surface area contributed by atoms with E-state index in [0.29, 0.717) is 60.5 Å². The van der Waals surface area contributed by atoms with Gasteiger partial charge in [0.15, 0.2) is 10.8 Å². The largest absolute Gasteiger partial charge is 0.496 e. The van der Waals surface area contributed by atoms with Crippen LogP contribution in [-0.2, 0) is 29.0 Å². The number of hydrogen-bond donors (Lipinski definition) is 3. The van der Waals surface area contributed by atoms with Crippen molar-refractivity contribution in [3.05, 3.63) is 82.8 Å². The van der Waals surface area contributed by atoms with Gasteiger partial charge in [0, 0.05) is 70.7 Å². The molecule has 4 aliphatic rings. The second-order valence-corrected chi connectivity index (χ2v) is 19.4. The maximum Gasteiger partial charge on any atom is 0.355 e. The van der Waals surface area contributed by atoms with E-state index in [4.69, 9.17) is 24.3 Å². The van der Waals surface area contributed by atoms with Gasteiger partial charge < -0.3 is 29.5 Å². The Hall–Kier alpha value is -4.54. The molecule has 2 saturated heterocycles. The van der Waals surface area contributed by atoms with Gasteiger partial charge in [-0.1, -0.05) is 43.7 Å². The van der Waals surface area contributed by atoms with E-state index in [-0.39, 0.29) is 26.7 Å². The molecule has 1 aliphatic carbocycles. The lowest BCUT2D eigenvalue weighted by Gasteiger charge is -2.64. The second kappa shape index (κ2) is 16.8. The molecule has 59 heavy (non-hydrogen) atoms. The fraction of sp³-hybridized carbons (Fsp3) is 0.477. The molecule has 3 aromatic heterocycles. The molecule has 1 amide bonds. The Balaban J connectivity index is 1.01. The first-order chi connectivity index (χ1) is 28.5. The molecule has 3 atom stereocenters. The Labute approximate surface area is 353 Å². The summed E-state index contributed by atoms with van der Waals surface area (Å²) in [5.74, 6) is -0.141. The van der Waals surface area contributed by atoms with Gasteiger partial charge in [0.05, 0.1) is 48.9 Å². The van der Waals surface area contributed by atoms with Crippen molar-refractivity contribution in [1.82, 2.24) is 25.1 Å². The highest BCUT2D eigenvalue weighted by Gasteiger charge is 2.63. The summed E-state index contributed by atoms with van der Waals surface area (Å²) in [7, 11) is 3.34. The summed E-state index contributed by atoms with van der Waals surface area (Å²) in [5, 5.41) is 22.3. The van der Waals surface area contributed by atoms with Crippen LogP contribution in [0.1, 0.15) is 83.6 Å². The number of aromatic nitrogens is 4. The summed E-state index contributed by atoms with van der Waals surface area (Å²) in [6.07, 6.45) is 7.52. The van der Waals surface area contributed by atoms with Gasteiger partial charge >= 0.3 is 5.97 Å². The Morgan fingerprint density at radius 3 is 2.56 bits per heavy atom. The molecule has 312 valence electrons. The summed E-state index contributed by atoms with van der Waals surface area (Å²) in [6, 6.07) is 15.1. The maximum absolute atomic E-state index is 13.8. The van der Waals surface area contributed by atoms with Gasteiger partial charge in [-0.25, -0.2) is 14.8 Å². The fourth-order valence-electron chi connectivity index (χ4n) is 9.79. The number of pyridine rings is 1. The number of para-hydroxylation sites is 1. The Morgan fingerprint density at radius 1 is 0.983 bits per heavy atom. The zero-order valence-electron chi connectivity index (χ0n) is 34.4. The minimum Gasteiger partial charge on any atom is -0.496 e. The van der Waals surface area contributed by atoms with Crippen LogP contribution in [0.25, 0.3) is 21.3 Å². The van der Waals surface area contributed by atoms with Crippen molar-refractivity contribution in [2.75, 3.05) is 57.3 Å². The van der Waals surface area contributed by atoms with Crippen molar-refractivity contribution < 1.29 is 28.9 Å². The number of nitrogens with zero attached hydrogens (tertiary/aromatic N) is 5. The first kappa shape index (κ1) is 41.2. The Kier molecular flexibility index (Phi) is 11.8. The molecule has 0 spiro atoms. The normalized spacial score (nSPS) is 22.2. The summed E-state index contributed by atoms with van der Waals surface area (Å²) in [5.41, 5.74) is 5.07. The zero-order chi connectivity index (χ0) is 41.4. The third-order valence-corrected chi connectivity index (χ3v) is 14.5. The number of amides is 1. The van der Waals surface area contributed by atoms with Crippen molar-refractivity contribution in [2.24, 2.45) is 0 Å². The van der Waals surface area contributed by atoms with Crippen LogP contribution in [0.15, 0.2) is 54.7 Å². The van der Waals surface area contributed by atoms with E-state index in [1.54, 1.807) is 26.5 Å². The third-order valence-electron chi connectivity index (χ3n) is 12.0. The van der Waals surface area contributed by atoms with Crippen molar-refractivity contribution in [2.45, 2.75) is 87.5 Å². The Bertz CT molecular complexity index is 2320. The van der Waals surface area contributed by atoms with Gasteiger partial charge in [-0.05, 0) is 81.0 Å². The minimum atomic E-state index is -1.11. The number of hydrogen-bond acceptors (Lipinski definition) is 12. The molecule has 2 aromatic carbocycles. The highest BCUT2D eigenvalue weighted by molar-refractivity contribution is 8.03. The standard InChI is InChI=1S/C44H53N7O6S2/c1-6-16-43(57-21-18-45-17-20-55-4)24-42(3)25-44(26-43,59-42)27-51-28(2)32(22-46-51)30-12-14-37(48-38(30)40(53)54)50-19-15-29-33(23-50)31(11-13-35(29)56-5)39(52)49-41-47-34-9-7-8-10-36(34)58-41/h7-14,22,45H,6,15-21,23-27H2,1-5H3,(H,53,54)(H,47,49,52). The predicted octanol–water partition coefficient (Wildman–Crippen LogP) is 7.60. The molecule has 13 nitrogen and oxygen atoms in total. The topological polar surface area (TPSA) is 153 Å². The highest BCUT2D eigenvalue weighted by Crippen LogP contribution is 2.68. The number of methoxy groups -OCH3 is 2. The minimum absolute atomic E-state index is 0.0190. The number of carbonyl (C=O) groups excluding carboxylic acids is 1. The number of anilines is 2. The van der Waals surface area contributed by atoms with Crippen LogP contribution < -0.4 is 20.3 Å². The van der Waals surface area contributed by atoms with E-state index in [0.717, 1.165) is 84.3 Å². The van der Waals surface area contributed by atoms with Crippen LogP contribution in [0, 0.1) is 6.92 Å². The number of ether oxygens (including phenoxy) is 3. The molecule has 3 fully saturated rings. The van der Waals surface area contributed by atoms with Gasteiger partial charge in [-0.15, -0.1) is 11.8 Å². The average molecular weight is 840 g/mol. The summed E-state index contributed by atoms with van der Waals surface area (Å²) in [4.78, 5) is 38.1. The lowest BCUT2D eigenvalue weighted by Crippen LogP contribution is -2.64. The van der Waals surface area contributed by atoms with Crippen molar-refractivity contribution in [3.63, 3.8) is 0 Å². The van der Waals surface area contributed by atoms with E-state index in [1.807, 2.05) is 59.0 Å². The Morgan fingerprint density at radius 2 is 1.80 bits per heavy atom. The summed E-state index contributed by atoms with van der Waals surface area (Å²) in [6.45, 7) is 11.2. The molecule has 2 bridgehead atoms.